The van der Waals surface area contributed by atoms with E-state index >= 15 is 0 Å². The minimum Gasteiger partial charge on any atom is -0.408 e. The zero-order valence-corrected chi connectivity index (χ0v) is 14.0. The van der Waals surface area contributed by atoms with E-state index in [0.717, 1.165) is 23.9 Å². The van der Waals surface area contributed by atoms with Crippen molar-refractivity contribution in [3.8, 4) is 0 Å². The smallest absolute Gasteiger partial charge is 0.408 e. The second kappa shape index (κ2) is 9.40. The monoisotopic (exact) mass is 279 g/mol. The molecule has 3 nitrogen and oxygen atoms in total. The molecule has 0 aliphatic rings. The van der Waals surface area contributed by atoms with Crippen LogP contribution in [-0.2, 0) is 0 Å². The average Bonchev–Trinajstić information content (AvgIpc) is 2.78. The normalized spacial score (nSPS) is 11.2. The fraction of sp³-hybridized carbons (Fsp3) is 0.588. The molecule has 114 valence electrons. The van der Waals surface area contributed by atoms with E-state index in [2.05, 4.69) is 13.8 Å². The lowest BCUT2D eigenvalue weighted by Crippen LogP contribution is -2.18. The minimum atomic E-state index is -0.249. The second-order valence-electron chi connectivity index (χ2n) is 4.35. The van der Waals surface area contributed by atoms with Gasteiger partial charge in [0.1, 0.15) is 0 Å². The molecule has 1 aromatic carbocycles. The Morgan fingerprint density at radius 1 is 1.20 bits per heavy atom. The van der Waals surface area contributed by atoms with Crippen molar-refractivity contribution in [1.29, 1.82) is 0 Å². The van der Waals surface area contributed by atoms with Gasteiger partial charge in [0.05, 0.1) is 5.52 Å². The van der Waals surface area contributed by atoms with Crippen LogP contribution in [-0.4, -0.2) is 4.57 Å². The van der Waals surface area contributed by atoms with Gasteiger partial charge in [0.2, 0.25) is 0 Å². The summed E-state index contributed by atoms with van der Waals surface area (Å²) in [6.45, 7) is 14.2. The van der Waals surface area contributed by atoms with Crippen LogP contribution >= 0.6 is 0 Å². The van der Waals surface area contributed by atoms with Crippen molar-refractivity contribution in [2.24, 2.45) is 0 Å². The Kier molecular flexibility index (Phi) is 8.69. The topological polar surface area (TPSA) is 35.1 Å². The van der Waals surface area contributed by atoms with E-state index in [1.807, 2.05) is 52.8 Å². The van der Waals surface area contributed by atoms with Crippen LogP contribution in [0.25, 0.3) is 11.1 Å². The molecule has 1 unspecified atom stereocenters. The van der Waals surface area contributed by atoms with Gasteiger partial charge < -0.3 is 4.42 Å². The standard InChI is InChI=1S/C13H17NO2.2C2H6/c1-4-5-10(3)14-11-7-6-9(2)8-12(11)16-13(14)15;2*1-2/h6-8,10H,4-5H2,1-3H3;2*1-2H3. The molecule has 0 saturated heterocycles. The predicted molar refractivity (Wildman–Crippen MR) is 87.5 cm³/mol. The van der Waals surface area contributed by atoms with Crippen LogP contribution < -0.4 is 5.76 Å². The van der Waals surface area contributed by atoms with Crippen LogP contribution in [0.2, 0.25) is 0 Å². The number of benzene rings is 1. The lowest BCUT2D eigenvalue weighted by atomic mass is 10.2. The third-order valence-corrected chi connectivity index (χ3v) is 2.92. The van der Waals surface area contributed by atoms with E-state index in [4.69, 9.17) is 4.42 Å². The maximum absolute atomic E-state index is 11.8. The molecule has 2 aromatic rings. The highest BCUT2D eigenvalue weighted by atomic mass is 16.4. The van der Waals surface area contributed by atoms with Gasteiger partial charge >= 0.3 is 5.76 Å². The summed E-state index contributed by atoms with van der Waals surface area (Å²) in [5.41, 5.74) is 2.70. The van der Waals surface area contributed by atoms with Crippen molar-refractivity contribution in [2.45, 2.75) is 67.3 Å². The average molecular weight is 279 g/mol. The Labute approximate surface area is 122 Å². The summed E-state index contributed by atoms with van der Waals surface area (Å²) < 4.78 is 7.00. The molecule has 0 bridgehead atoms. The maximum Gasteiger partial charge on any atom is 0.420 e. The van der Waals surface area contributed by atoms with Crippen molar-refractivity contribution in [1.82, 2.24) is 4.57 Å². The number of fused-ring (bicyclic) bond motifs is 1. The molecule has 0 aliphatic heterocycles. The van der Waals surface area contributed by atoms with E-state index in [0.29, 0.717) is 5.58 Å². The quantitative estimate of drug-likeness (QED) is 0.762. The van der Waals surface area contributed by atoms with Crippen LogP contribution in [0.5, 0.6) is 0 Å². The summed E-state index contributed by atoms with van der Waals surface area (Å²) in [5.74, 6) is -0.249. The first-order valence-corrected chi connectivity index (χ1v) is 7.75. The lowest BCUT2D eigenvalue weighted by molar-refractivity contribution is 0.439. The van der Waals surface area contributed by atoms with Gasteiger partial charge in [-0.2, -0.15) is 0 Å². The van der Waals surface area contributed by atoms with E-state index in [-0.39, 0.29) is 11.8 Å². The first kappa shape index (κ1) is 18.5. The number of aromatic nitrogens is 1. The lowest BCUT2D eigenvalue weighted by Gasteiger charge is -2.10. The van der Waals surface area contributed by atoms with Crippen LogP contribution in [0.1, 0.15) is 66.0 Å². The molecule has 0 spiro atoms. The van der Waals surface area contributed by atoms with Crippen molar-refractivity contribution in [2.75, 3.05) is 0 Å². The number of aryl methyl sites for hydroxylation is 1. The molecule has 0 amide bonds. The van der Waals surface area contributed by atoms with Crippen molar-refractivity contribution < 1.29 is 4.42 Å². The van der Waals surface area contributed by atoms with Gasteiger partial charge in [-0.25, -0.2) is 4.79 Å². The zero-order valence-electron chi connectivity index (χ0n) is 14.0. The van der Waals surface area contributed by atoms with E-state index in [9.17, 15) is 4.79 Å². The summed E-state index contributed by atoms with van der Waals surface area (Å²) in [6.07, 6.45) is 2.05. The fourth-order valence-corrected chi connectivity index (χ4v) is 2.11. The Balaban J connectivity index is 0.000000829. The molecule has 0 fully saturated rings. The number of hydrogen-bond acceptors (Lipinski definition) is 2. The number of nitrogens with zero attached hydrogens (tertiary/aromatic N) is 1. The summed E-state index contributed by atoms with van der Waals surface area (Å²) >= 11 is 0. The highest BCUT2D eigenvalue weighted by Gasteiger charge is 2.13. The van der Waals surface area contributed by atoms with Crippen LogP contribution in [0, 0.1) is 6.92 Å². The van der Waals surface area contributed by atoms with Gasteiger partial charge in [-0.3, -0.25) is 4.57 Å². The van der Waals surface area contributed by atoms with Crippen LogP contribution in [0.4, 0.5) is 0 Å². The zero-order chi connectivity index (χ0) is 15.7. The Morgan fingerprint density at radius 2 is 1.80 bits per heavy atom. The molecule has 0 N–H and O–H groups in total. The first-order valence-electron chi connectivity index (χ1n) is 7.75. The largest absolute Gasteiger partial charge is 0.420 e. The van der Waals surface area contributed by atoms with E-state index in [1.54, 1.807) is 4.57 Å². The molecular weight excluding hydrogens is 250 g/mol. The Morgan fingerprint density at radius 3 is 2.35 bits per heavy atom. The van der Waals surface area contributed by atoms with Crippen LogP contribution in [0.3, 0.4) is 0 Å². The van der Waals surface area contributed by atoms with Gasteiger partial charge in [-0.1, -0.05) is 47.1 Å². The number of hydrogen-bond donors (Lipinski definition) is 0. The highest BCUT2D eigenvalue weighted by Crippen LogP contribution is 2.20. The third kappa shape index (κ3) is 4.26. The predicted octanol–water partition coefficient (Wildman–Crippen LogP) is 5.32. The summed E-state index contributed by atoms with van der Waals surface area (Å²) in [6, 6.07) is 6.07. The molecule has 1 heterocycles. The fourth-order valence-electron chi connectivity index (χ4n) is 2.11. The Hall–Kier alpha value is -1.51. The molecular formula is C17H29NO2. The SMILES string of the molecule is CC.CC.CCCC(C)n1c(=O)oc2cc(C)ccc21. The molecule has 1 atom stereocenters. The Bertz CT molecular complexity index is 552. The van der Waals surface area contributed by atoms with E-state index in [1.165, 1.54) is 0 Å². The maximum atomic E-state index is 11.8. The van der Waals surface area contributed by atoms with Crippen LogP contribution in [0.15, 0.2) is 27.4 Å². The molecule has 0 radical (unpaired) electrons. The minimum absolute atomic E-state index is 0.196. The molecule has 20 heavy (non-hydrogen) atoms. The number of rotatable bonds is 3. The van der Waals surface area contributed by atoms with Gasteiger partial charge in [0, 0.05) is 6.04 Å². The summed E-state index contributed by atoms with van der Waals surface area (Å²) in [7, 11) is 0. The van der Waals surface area contributed by atoms with Crippen molar-refractivity contribution in [3.05, 3.63) is 34.3 Å². The summed E-state index contributed by atoms with van der Waals surface area (Å²) in [4.78, 5) is 11.8. The van der Waals surface area contributed by atoms with Gasteiger partial charge in [-0.15, -0.1) is 0 Å². The first-order chi connectivity index (χ1) is 9.63. The molecule has 1 aromatic heterocycles. The van der Waals surface area contributed by atoms with Gasteiger partial charge in [0.25, 0.3) is 0 Å². The molecule has 3 heteroatoms. The van der Waals surface area contributed by atoms with Crippen molar-refractivity contribution in [3.63, 3.8) is 0 Å². The van der Waals surface area contributed by atoms with Crippen molar-refractivity contribution >= 4 is 11.1 Å². The van der Waals surface area contributed by atoms with Gasteiger partial charge in [0.15, 0.2) is 5.58 Å². The highest BCUT2D eigenvalue weighted by molar-refractivity contribution is 5.73. The molecule has 0 saturated carbocycles. The van der Waals surface area contributed by atoms with E-state index < -0.39 is 0 Å². The molecule has 0 aliphatic carbocycles. The third-order valence-electron chi connectivity index (χ3n) is 2.92. The summed E-state index contributed by atoms with van der Waals surface area (Å²) in [5, 5.41) is 0. The van der Waals surface area contributed by atoms with Gasteiger partial charge in [-0.05, 0) is 38.0 Å². The second-order valence-corrected chi connectivity index (χ2v) is 4.35. The number of oxazole rings is 1. The molecule has 2 rings (SSSR count).